The number of carbonyl (C=O) groups excluding carboxylic acids is 1. The zero-order valence-electron chi connectivity index (χ0n) is 13.7. The summed E-state index contributed by atoms with van der Waals surface area (Å²) >= 11 is 0. The Balaban J connectivity index is 1.60. The highest BCUT2D eigenvalue weighted by atomic mass is 19.1. The van der Waals surface area contributed by atoms with Gasteiger partial charge in [0.25, 0.3) is 5.56 Å². The van der Waals surface area contributed by atoms with Crippen molar-refractivity contribution in [1.29, 1.82) is 0 Å². The number of H-pyrrole nitrogens is 1. The first-order valence-corrected chi connectivity index (χ1v) is 7.91. The van der Waals surface area contributed by atoms with Crippen molar-refractivity contribution in [3.63, 3.8) is 0 Å². The average Bonchev–Trinajstić information content (AvgIpc) is 2.64. The Morgan fingerprint density at radius 3 is 2.62 bits per heavy atom. The van der Waals surface area contributed by atoms with Gasteiger partial charge in [-0.25, -0.2) is 9.18 Å². The summed E-state index contributed by atoms with van der Waals surface area (Å²) in [4.78, 5) is 38.1. The Kier molecular flexibility index (Phi) is 5.12. The Hall–Kier alpha value is -3.42. The number of amides is 1. The molecule has 1 aromatic heterocycles. The molecule has 0 atom stereocenters. The highest BCUT2D eigenvalue weighted by Crippen LogP contribution is 2.10. The Morgan fingerprint density at radius 2 is 1.85 bits per heavy atom. The average molecular weight is 357 g/mol. The fourth-order valence-corrected chi connectivity index (χ4v) is 2.49. The summed E-state index contributed by atoms with van der Waals surface area (Å²) in [5.41, 5.74) is -0.750. The van der Waals surface area contributed by atoms with Crippen LogP contribution in [0.25, 0.3) is 10.9 Å². The second-order valence-electron chi connectivity index (χ2n) is 5.51. The molecule has 0 saturated heterocycles. The van der Waals surface area contributed by atoms with Gasteiger partial charge in [-0.1, -0.05) is 12.1 Å². The highest BCUT2D eigenvalue weighted by molar-refractivity contribution is 5.81. The third-order valence-corrected chi connectivity index (χ3v) is 3.71. The van der Waals surface area contributed by atoms with E-state index in [1.54, 1.807) is 24.3 Å². The van der Waals surface area contributed by atoms with Gasteiger partial charge in [0, 0.05) is 0 Å². The molecule has 0 saturated carbocycles. The summed E-state index contributed by atoms with van der Waals surface area (Å²) < 4.78 is 19.4. The standard InChI is InChI=1S/C18H16FN3O4/c19-12-5-7-13(8-6-12)26-10-9-20-16(23)11-22-15-4-2-1-3-14(15)17(24)21-18(22)25/h1-8H,9-11H2,(H,20,23)(H,21,24,25). The van der Waals surface area contributed by atoms with E-state index in [-0.39, 0.29) is 25.5 Å². The van der Waals surface area contributed by atoms with Crippen LogP contribution in [0.4, 0.5) is 4.39 Å². The fraction of sp³-hybridized carbons (Fsp3) is 0.167. The predicted molar refractivity (Wildman–Crippen MR) is 93.7 cm³/mol. The number of hydrogen-bond acceptors (Lipinski definition) is 4. The number of aromatic amines is 1. The zero-order chi connectivity index (χ0) is 18.5. The lowest BCUT2D eigenvalue weighted by Crippen LogP contribution is -2.37. The predicted octanol–water partition coefficient (Wildman–Crippen LogP) is 1.02. The lowest BCUT2D eigenvalue weighted by Gasteiger charge is -2.10. The van der Waals surface area contributed by atoms with E-state index in [0.717, 1.165) is 0 Å². The first-order valence-electron chi connectivity index (χ1n) is 7.91. The van der Waals surface area contributed by atoms with Gasteiger partial charge < -0.3 is 10.1 Å². The quantitative estimate of drug-likeness (QED) is 0.644. The van der Waals surface area contributed by atoms with Crippen LogP contribution in [0.1, 0.15) is 0 Å². The van der Waals surface area contributed by atoms with Crippen LogP contribution in [0.2, 0.25) is 0 Å². The van der Waals surface area contributed by atoms with Gasteiger partial charge in [0.2, 0.25) is 5.91 Å². The molecule has 1 heterocycles. The van der Waals surface area contributed by atoms with Crippen LogP contribution in [0.5, 0.6) is 5.75 Å². The Labute approximate surface area is 147 Å². The molecule has 7 nitrogen and oxygen atoms in total. The largest absolute Gasteiger partial charge is 0.492 e. The number of para-hydroxylation sites is 1. The van der Waals surface area contributed by atoms with Gasteiger partial charge in [0.15, 0.2) is 0 Å². The SMILES string of the molecule is O=C(Cn1c(=O)[nH]c(=O)c2ccccc21)NCCOc1ccc(F)cc1. The number of ether oxygens (including phenoxy) is 1. The van der Waals surface area contributed by atoms with Gasteiger partial charge in [-0.15, -0.1) is 0 Å². The van der Waals surface area contributed by atoms with Crippen LogP contribution in [-0.2, 0) is 11.3 Å². The van der Waals surface area contributed by atoms with Crippen molar-refractivity contribution in [3.05, 3.63) is 75.2 Å². The summed E-state index contributed by atoms with van der Waals surface area (Å²) in [6, 6.07) is 12.1. The van der Waals surface area contributed by atoms with Crippen LogP contribution >= 0.6 is 0 Å². The number of hydrogen-bond donors (Lipinski definition) is 2. The summed E-state index contributed by atoms with van der Waals surface area (Å²) in [5, 5.41) is 2.96. The van der Waals surface area contributed by atoms with E-state index in [0.29, 0.717) is 16.7 Å². The van der Waals surface area contributed by atoms with Crippen molar-refractivity contribution in [1.82, 2.24) is 14.9 Å². The maximum absolute atomic E-state index is 12.8. The molecule has 0 unspecified atom stereocenters. The topological polar surface area (TPSA) is 93.2 Å². The molecule has 0 aliphatic heterocycles. The van der Waals surface area contributed by atoms with E-state index in [1.165, 1.54) is 28.8 Å². The van der Waals surface area contributed by atoms with Crippen LogP contribution in [0, 0.1) is 5.82 Å². The molecule has 3 rings (SSSR count). The number of nitrogens with zero attached hydrogens (tertiary/aromatic N) is 1. The zero-order valence-corrected chi connectivity index (χ0v) is 13.7. The molecule has 0 radical (unpaired) electrons. The molecule has 0 bridgehead atoms. The maximum atomic E-state index is 12.8. The summed E-state index contributed by atoms with van der Waals surface area (Å²) in [5.74, 6) is -0.264. The highest BCUT2D eigenvalue weighted by Gasteiger charge is 2.10. The molecular weight excluding hydrogens is 341 g/mol. The number of fused-ring (bicyclic) bond motifs is 1. The van der Waals surface area contributed by atoms with E-state index >= 15 is 0 Å². The van der Waals surface area contributed by atoms with E-state index in [2.05, 4.69) is 10.3 Å². The van der Waals surface area contributed by atoms with Crippen LogP contribution < -0.4 is 21.3 Å². The van der Waals surface area contributed by atoms with Crippen molar-refractivity contribution in [3.8, 4) is 5.75 Å². The van der Waals surface area contributed by atoms with Gasteiger partial charge in [-0.05, 0) is 36.4 Å². The Bertz CT molecular complexity index is 1040. The number of carbonyl (C=O) groups is 1. The third-order valence-electron chi connectivity index (χ3n) is 3.71. The van der Waals surface area contributed by atoms with Gasteiger partial charge >= 0.3 is 5.69 Å². The second kappa shape index (κ2) is 7.64. The normalized spacial score (nSPS) is 10.7. The van der Waals surface area contributed by atoms with Gasteiger partial charge in [0.05, 0.1) is 17.4 Å². The number of nitrogens with one attached hydrogen (secondary N) is 2. The molecule has 8 heteroatoms. The smallest absolute Gasteiger partial charge is 0.329 e. The molecule has 0 fully saturated rings. The molecule has 134 valence electrons. The van der Waals surface area contributed by atoms with E-state index in [1.807, 2.05) is 0 Å². The molecular formula is C18H16FN3O4. The molecule has 26 heavy (non-hydrogen) atoms. The molecule has 2 N–H and O–H groups in total. The van der Waals surface area contributed by atoms with Gasteiger partial charge in [-0.3, -0.25) is 19.1 Å². The first kappa shape index (κ1) is 17.4. The second-order valence-corrected chi connectivity index (χ2v) is 5.51. The van der Waals surface area contributed by atoms with E-state index < -0.39 is 17.2 Å². The van der Waals surface area contributed by atoms with Crippen LogP contribution in [-0.4, -0.2) is 28.6 Å². The Morgan fingerprint density at radius 1 is 1.12 bits per heavy atom. The number of benzene rings is 2. The molecule has 0 aliphatic rings. The number of rotatable bonds is 6. The summed E-state index contributed by atoms with van der Waals surface area (Å²) in [7, 11) is 0. The van der Waals surface area contributed by atoms with Crippen molar-refractivity contribution in [2.75, 3.05) is 13.2 Å². The monoisotopic (exact) mass is 357 g/mol. The number of halogens is 1. The minimum Gasteiger partial charge on any atom is -0.492 e. The van der Waals surface area contributed by atoms with Gasteiger partial charge in [-0.2, -0.15) is 0 Å². The maximum Gasteiger partial charge on any atom is 0.329 e. The molecule has 0 aliphatic carbocycles. The van der Waals surface area contributed by atoms with E-state index in [9.17, 15) is 18.8 Å². The summed E-state index contributed by atoms with van der Waals surface area (Å²) in [6.07, 6.45) is 0. The molecule has 2 aromatic carbocycles. The summed E-state index contributed by atoms with van der Waals surface area (Å²) in [6.45, 7) is 0.178. The molecule has 1 amide bonds. The first-order chi connectivity index (χ1) is 12.5. The van der Waals surface area contributed by atoms with Gasteiger partial charge in [0.1, 0.15) is 24.7 Å². The molecule has 3 aromatic rings. The molecule has 0 spiro atoms. The minimum atomic E-state index is -0.647. The fourth-order valence-electron chi connectivity index (χ4n) is 2.49. The van der Waals surface area contributed by atoms with E-state index in [4.69, 9.17) is 4.74 Å². The van der Waals surface area contributed by atoms with Crippen molar-refractivity contribution < 1.29 is 13.9 Å². The van der Waals surface area contributed by atoms with Crippen LogP contribution in [0.15, 0.2) is 58.1 Å². The van der Waals surface area contributed by atoms with Crippen LogP contribution in [0.3, 0.4) is 0 Å². The lowest BCUT2D eigenvalue weighted by molar-refractivity contribution is -0.121. The minimum absolute atomic E-state index is 0.193. The lowest BCUT2D eigenvalue weighted by atomic mass is 10.2. The third kappa shape index (κ3) is 3.97. The van der Waals surface area contributed by atoms with Crippen molar-refractivity contribution in [2.24, 2.45) is 0 Å². The van der Waals surface area contributed by atoms with Crippen molar-refractivity contribution >= 4 is 16.8 Å². The number of aromatic nitrogens is 2. The van der Waals surface area contributed by atoms with Crippen molar-refractivity contribution in [2.45, 2.75) is 6.54 Å².